The highest BCUT2D eigenvalue weighted by atomic mass is 19.1. The summed E-state index contributed by atoms with van der Waals surface area (Å²) in [5.41, 5.74) is 0.218. The molecule has 10 heteroatoms. The molecule has 1 aromatic rings. The third-order valence-corrected chi connectivity index (χ3v) is 3.65. The maximum Gasteiger partial charge on any atom is 0.433 e. The van der Waals surface area contributed by atoms with E-state index in [9.17, 15) is 19.2 Å². The summed E-state index contributed by atoms with van der Waals surface area (Å²) in [6.07, 6.45) is -2.79. The predicted octanol–water partition coefficient (Wildman–Crippen LogP) is 4.08. The van der Waals surface area contributed by atoms with E-state index in [-0.39, 0.29) is 17.2 Å². The number of hydrazine groups is 1. The van der Waals surface area contributed by atoms with E-state index in [2.05, 4.69) is 0 Å². The van der Waals surface area contributed by atoms with Crippen molar-refractivity contribution < 1.29 is 37.8 Å². The van der Waals surface area contributed by atoms with Crippen LogP contribution in [0.4, 0.5) is 14.0 Å². The van der Waals surface area contributed by atoms with Crippen LogP contribution in [-0.2, 0) is 19.0 Å². The van der Waals surface area contributed by atoms with Crippen molar-refractivity contribution in [2.24, 2.45) is 0 Å². The number of aryl methyl sites for hydroxylation is 1. The van der Waals surface area contributed by atoms with E-state index >= 15 is 4.39 Å². The van der Waals surface area contributed by atoms with Gasteiger partial charge in [-0.3, -0.25) is 4.79 Å². The second kappa shape index (κ2) is 9.97. The number of ether oxygens (including phenoxy) is 3. The number of rotatable bonds is 5. The van der Waals surface area contributed by atoms with Crippen molar-refractivity contribution in [1.29, 1.82) is 0 Å². The van der Waals surface area contributed by atoms with Crippen LogP contribution in [0.1, 0.15) is 64.4 Å². The third kappa shape index (κ3) is 7.21. The molecule has 0 spiro atoms. The SMILES string of the molecule is CCOC(=O)[C@](F)(C(=O)c1ccc(C)cc1)N(NC(=O)OC(C)(C)C)C(=O)OC(C)(C)C. The van der Waals surface area contributed by atoms with Crippen LogP contribution in [0.15, 0.2) is 24.3 Å². The van der Waals surface area contributed by atoms with Gasteiger partial charge in [0.05, 0.1) is 6.61 Å². The van der Waals surface area contributed by atoms with Crippen LogP contribution in [0.2, 0.25) is 0 Å². The first-order valence-electron chi connectivity index (χ1n) is 10.0. The van der Waals surface area contributed by atoms with Crippen LogP contribution in [-0.4, -0.2) is 52.5 Å². The number of amides is 2. The summed E-state index contributed by atoms with van der Waals surface area (Å²) in [6, 6.07) is 5.62. The normalized spacial score (nSPS) is 13.4. The Labute approximate surface area is 187 Å². The Hall–Kier alpha value is -3.17. The van der Waals surface area contributed by atoms with Crippen LogP contribution in [0.3, 0.4) is 0 Å². The number of hydrogen-bond acceptors (Lipinski definition) is 7. The fraction of sp³-hybridized carbons (Fsp3) is 0.545. The minimum absolute atomic E-state index is 0.132. The molecule has 0 aliphatic heterocycles. The van der Waals surface area contributed by atoms with Crippen molar-refractivity contribution in [3.63, 3.8) is 0 Å². The van der Waals surface area contributed by atoms with Gasteiger partial charge in [-0.1, -0.05) is 29.8 Å². The fourth-order valence-electron chi connectivity index (χ4n) is 2.36. The second-order valence-electron chi connectivity index (χ2n) is 8.97. The molecule has 0 saturated heterocycles. The maximum atomic E-state index is 16.4. The first-order chi connectivity index (χ1) is 14.5. The zero-order valence-corrected chi connectivity index (χ0v) is 19.7. The molecule has 1 aromatic carbocycles. The molecule has 178 valence electrons. The van der Waals surface area contributed by atoms with Gasteiger partial charge < -0.3 is 14.2 Å². The van der Waals surface area contributed by atoms with E-state index in [1.54, 1.807) is 6.92 Å². The molecule has 2 amide bonds. The lowest BCUT2D eigenvalue weighted by atomic mass is 10.0. The Morgan fingerprint density at radius 1 is 0.938 bits per heavy atom. The molecular formula is C22H31FN2O7. The number of hydrogen-bond donors (Lipinski definition) is 1. The highest BCUT2D eigenvalue weighted by molar-refractivity contribution is 6.16. The molecular weight excluding hydrogens is 423 g/mol. The van der Waals surface area contributed by atoms with Crippen molar-refractivity contribution in [2.45, 2.75) is 72.4 Å². The van der Waals surface area contributed by atoms with Gasteiger partial charge in [0.15, 0.2) is 0 Å². The minimum Gasteiger partial charge on any atom is -0.462 e. The van der Waals surface area contributed by atoms with Crippen LogP contribution in [0.25, 0.3) is 0 Å². The standard InChI is InChI=1S/C22H31FN2O7/c1-9-30-17(27)22(23,16(26)15-12-10-14(2)11-13-15)25(19(29)32-21(6,7)8)24-18(28)31-20(3,4)5/h10-13H,9H2,1-8H3,(H,24,28)/t22-/m0/s1. The predicted molar refractivity (Wildman–Crippen MR) is 113 cm³/mol. The number of nitrogens with zero attached hydrogens (tertiary/aromatic N) is 1. The summed E-state index contributed by atoms with van der Waals surface area (Å²) in [7, 11) is 0. The highest BCUT2D eigenvalue weighted by Crippen LogP contribution is 2.27. The van der Waals surface area contributed by atoms with Crippen molar-refractivity contribution in [2.75, 3.05) is 6.61 Å². The Bertz CT molecular complexity index is 857. The van der Waals surface area contributed by atoms with Gasteiger partial charge in [0, 0.05) is 5.56 Å². The number of Topliss-reactive ketones (excluding diaryl/α,β-unsaturated/α-hetero) is 1. The first kappa shape index (κ1) is 26.9. The summed E-state index contributed by atoms with van der Waals surface area (Å²) >= 11 is 0. The quantitative estimate of drug-likeness (QED) is 0.178. The van der Waals surface area contributed by atoms with E-state index in [1.807, 2.05) is 5.43 Å². The monoisotopic (exact) mass is 454 g/mol. The van der Waals surface area contributed by atoms with Crippen LogP contribution < -0.4 is 5.43 Å². The molecule has 0 aromatic heterocycles. The smallest absolute Gasteiger partial charge is 0.433 e. The molecule has 0 bridgehead atoms. The molecule has 1 N–H and O–H groups in total. The van der Waals surface area contributed by atoms with Crippen molar-refractivity contribution >= 4 is 23.9 Å². The highest BCUT2D eigenvalue weighted by Gasteiger charge is 2.58. The molecule has 1 rings (SSSR count). The lowest BCUT2D eigenvalue weighted by Crippen LogP contribution is -2.66. The Morgan fingerprint density at radius 2 is 1.44 bits per heavy atom. The number of carbonyl (C=O) groups excluding carboxylic acids is 4. The van der Waals surface area contributed by atoms with Gasteiger partial charge in [-0.25, -0.2) is 19.8 Å². The van der Waals surface area contributed by atoms with Gasteiger partial charge in [-0.2, -0.15) is 9.40 Å². The van der Waals surface area contributed by atoms with E-state index in [0.29, 0.717) is 0 Å². The number of carbonyl (C=O) groups is 4. The number of halogens is 1. The summed E-state index contributed by atoms with van der Waals surface area (Å²) in [5, 5.41) is -0.132. The van der Waals surface area contributed by atoms with E-state index in [0.717, 1.165) is 5.56 Å². The summed E-state index contributed by atoms with van der Waals surface area (Å²) in [5.74, 6) is -6.91. The fourth-order valence-corrected chi connectivity index (χ4v) is 2.36. The third-order valence-electron chi connectivity index (χ3n) is 3.65. The number of nitrogens with one attached hydrogen (secondary N) is 1. The average Bonchev–Trinajstić information content (AvgIpc) is 2.62. The number of esters is 1. The number of alkyl halides is 1. The van der Waals surface area contributed by atoms with E-state index < -0.39 is 40.9 Å². The van der Waals surface area contributed by atoms with Gasteiger partial charge in [-0.05, 0) is 55.4 Å². The molecule has 0 saturated carbocycles. The maximum absolute atomic E-state index is 16.4. The van der Waals surface area contributed by atoms with Crippen LogP contribution in [0.5, 0.6) is 0 Å². The second-order valence-corrected chi connectivity index (χ2v) is 8.97. The van der Waals surface area contributed by atoms with Crippen molar-refractivity contribution in [1.82, 2.24) is 10.4 Å². The number of ketones is 1. The zero-order valence-electron chi connectivity index (χ0n) is 19.7. The Kier molecular flexibility index (Phi) is 8.37. The molecule has 0 aliphatic carbocycles. The van der Waals surface area contributed by atoms with Gasteiger partial charge in [0.2, 0.25) is 5.78 Å². The Balaban J connectivity index is 3.58. The lowest BCUT2D eigenvalue weighted by molar-refractivity contribution is -0.167. The first-order valence-corrected chi connectivity index (χ1v) is 10.0. The van der Waals surface area contributed by atoms with Gasteiger partial charge in [0.1, 0.15) is 11.2 Å². The zero-order chi connectivity index (χ0) is 24.9. The summed E-state index contributed by atoms with van der Waals surface area (Å²) in [4.78, 5) is 51.0. The summed E-state index contributed by atoms with van der Waals surface area (Å²) < 4.78 is 31.3. The molecule has 0 aliphatic rings. The van der Waals surface area contributed by atoms with E-state index in [1.165, 1.54) is 72.7 Å². The van der Waals surface area contributed by atoms with Gasteiger partial charge in [0.25, 0.3) is 0 Å². The molecule has 1 atom stereocenters. The molecule has 9 nitrogen and oxygen atoms in total. The molecule has 0 unspecified atom stereocenters. The topological polar surface area (TPSA) is 111 Å². The largest absolute Gasteiger partial charge is 0.462 e. The average molecular weight is 454 g/mol. The Morgan fingerprint density at radius 3 is 1.88 bits per heavy atom. The summed E-state index contributed by atoms with van der Waals surface area (Å²) in [6.45, 7) is 11.9. The van der Waals surface area contributed by atoms with Crippen LogP contribution in [0, 0.1) is 6.92 Å². The molecule has 0 heterocycles. The molecule has 0 fully saturated rings. The van der Waals surface area contributed by atoms with Gasteiger partial charge in [-0.15, -0.1) is 0 Å². The van der Waals surface area contributed by atoms with Crippen molar-refractivity contribution in [3.05, 3.63) is 35.4 Å². The molecule has 32 heavy (non-hydrogen) atoms. The van der Waals surface area contributed by atoms with Crippen LogP contribution >= 0.6 is 0 Å². The lowest BCUT2D eigenvalue weighted by Gasteiger charge is -2.35. The van der Waals surface area contributed by atoms with E-state index in [4.69, 9.17) is 14.2 Å². The minimum atomic E-state index is -3.77. The number of benzene rings is 1. The van der Waals surface area contributed by atoms with Crippen molar-refractivity contribution in [3.8, 4) is 0 Å². The van der Waals surface area contributed by atoms with Gasteiger partial charge >= 0.3 is 23.9 Å². The molecule has 0 radical (unpaired) electrons.